The molecule has 1 aliphatic rings. The molecule has 1 N–H and O–H groups in total. The fourth-order valence-electron chi connectivity index (χ4n) is 1.98. The van der Waals surface area contributed by atoms with Gasteiger partial charge in [0.1, 0.15) is 5.69 Å². The minimum atomic E-state index is -0.0366. The van der Waals surface area contributed by atoms with Crippen LogP contribution in [0.5, 0.6) is 0 Å². The van der Waals surface area contributed by atoms with Crippen LogP contribution in [-0.2, 0) is 18.3 Å². The van der Waals surface area contributed by atoms with Crippen molar-refractivity contribution < 1.29 is 4.79 Å². The number of fused-ring (bicyclic) bond motifs is 1. The number of anilines is 2. The molecule has 0 aliphatic carbocycles. The zero-order valence-corrected chi connectivity index (χ0v) is 9.45. The minimum absolute atomic E-state index is 0.0366. The molecule has 5 heteroatoms. The van der Waals surface area contributed by atoms with Crippen LogP contribution >= 0.6 is 0 Å². The Morgan fingerprint density at radius 3 is 3.00 bits per heavy atom. The van der Waals surface area contributed by atoms with Crippen molar-refractivity contribution in [2.45, 2.75) is 13.3 Å². The second-order valence-corrected chi connectivity index (χ2v) is 3.73. The molecule has 1 aromatic rings. The third-order valence-corrected chi connectivity index (χ3v) is 2.60. The molecule has 0 unspecified atom stereocenters. The van der Waals surface area contributed by atoms with E-state index in [1.54, 1.807) is 4.68 Å². The summed E-state index contributed by atoms with van der Waals surface area (Å²) in [6.07, 6.45) is 6.08. The maximum Gasteiger partial charge on any atom is 0.244 e. The lowest BCUT2D eigenvalue weighted by Crippen LogP contribution is -2.39. The summed E-state index contributed by atoms with van der Waals surface area (Å²) in [4.78, 5) is 13.4. The van der Waals surface area contributed by atoms with Crippen LogP contribution in [0.2, 0.25) is 0 Å². The fourth-order valence-corrected chi connectivity index (χ4v) is 1.98. The van der Waals surface area contributed by atoms with Gasteiger partial charge < -0.3 is 10.2 Å². The first-order valence-corrected chi connectivity index (χ1v) is 5.21. The van der Waals surface area contributed by atoms with Gasteiger partial charge in [-0.3, -0.25) is 9.48 Å². The standard InChI is InChI=1S/C11H14N4O/c1-4-6-15-7-9(16)12-10-8(5-2)13-14(3)11(10)15/h1H,5-7H2,2-3H3,(H,12,16). The topological polar surface area (TPSA) is 50.2 Å². The number of nitrogens with zero attached hydrogens (tertiary/aromatic N) is 3. The van der Waals surface area contributed by atoms with E-state index < -0.39 is 0 Å². The van der Waals surface area contributed by atoms with E-state index in [1.807, 2.05) is 18.9 Å². The van der Waals surface area contributed by atoms with E-state index in [1.165, 1.54) is 0 Å². The monoisotopic (exact) mass is 218 g/mol. The molecular formula is C11H14N4O. The van der Waals surface area contributed by atoms with Crippen molar-refractivity contribution in [1.82, 2.24) is 9.78 Å². The predicted molar refractivity (Wildman–Crippen MR) is 62.3 cm³/mol. The molecule has 0 spiro atoms. The van der Waals surface area contributed by atoms with Crippen molar-refractivity contribution in [3.05, 3.63) is 5.69 Å². The number of hydrogen-bond acceptors (Lipinski definition) is 3. The molecule has 0 saturated carbocycles. The quantitative estimate of drug-likeness (QED) is 0.730. The fraction of sp³-hybridized carbons (Fsp3) is 0.455. The summed E-state index contributed by atoms with van der Waals surface area (Å²) < 4.78 is 1.77. The number of carbonyl (C=O) groups is 1. The molecule has 1 aromatic heterocycles. The summed E-state index contributed by atoms with van der Waals surface area (Å²) in [6, 6.07) is 0. The third kappa shape index (κ3) is 1.52. The second kappa shape index (κ2) is 3.89. The maximum absolute atomic E-state index is 11.5. The first-order valence-electron chi connectivity index (χ1n) is 5.21. The smallest absolute Gasteiger partial charge is 0.244 e. The normalized spacial score (nSPS) is 14.3. The van der Waals surface area contributed by atoms with Gasteiger partial charge in [-0.25, -0.2) is 0 Å². The van der Waals surface area contributed by atoms with Crippen LogP contribution in [0.4, 0.5) is 11.5 Å². The molecule has 0 radical (unpaired) electrons. The molecule has 84 valence electrons. The largest absolute Gasteiger partial charge is 0.335 e. The highest BCUT2D eigenvalue weighted by molar-refractivity contribution is 6.01. The van der Waals surface area contributed by atoms with Gasteiger partial charge in [-0.1, -0.05) is 12.8 Å². The Bertz CT molecular complexity index is 469. The van der Waals surface area contributed by atoms with Crippen molar-refractivity contribution in [2.24, 2.45) is 7.05 Å². The van der Waals surface area contributed by atoms with E-state index in [9.17, 15) is 4.79 Å². The van der Waals surface area contributed by atoms with Crippen LogP contribution in [0.3, 0.4) is 0 Å². The lowest BCUT2D eigenvalue weighted by Gasteiger charge is -2.27. The summed E-state index contributed by atoms with van der Waals surface area (Å²) in [6.45, 7) is 2.72. The number of aromatic nitrogens is 2. The highest BCUT2D eigenvalue weighted by atomic mass is 16.2. The van der Waals surface area contributed by atoms with Crippen molar-refractivity contribution in [3.8, 4) is 12.3 Å². The van der Waals surface area contributed by atoms with Gasteiger partial charge in [-0.05, 0) is 6.42 Å². The average molecular weight is 218 g/mol. The first-order chi connectivity index (χ1) is 7.67. The molecule has 2 heterocycles. The number of rotatable bonds is 2. The maximum atomic E-state index is 11.5. The summed E-state index contributed by atoms with van der Waals surface area (Å²) >= 11 is 0. The Labute approximate surface area is 94.4 Å². The zero-order chi connectivity index (χ0) is 11.7. The van der Waals surface area contributed by atoms with Gasteiger partial charge >= 0.3 is 0 Å². The van der Waals surface area contributed by atoms with E-state index in [2.05, 4.69) is 16.3 Å². The van der Waals surface area contributed by atoms with Crippen molar-refractivity contribution >= 4 is 17.4 Å². The van der Waals surface area contributed by atoms with E-state index in [-0.39, 0.29) is 5.91 Å². The number of amides is 1. The van der Waals surface area contributed by atoms with Crippen molar-refractivity contribution in [2.75, 3.05) is 23.3 Å². The highest BCUT2D eigenvalue weighted by Crippen LogP contribution is 2.32. The molecule has 0 bridgehead atoms. The van der Waals surface area contributed by atoms with Crippen LogP contribution < -0.4 is 10.2 Å². The summed E-state index contributed by atoms with van der Waals surface area (Å²) in [5, 5.41) is 7.23. The molecule has 0 fully saturated rings. The van der Waals surface area contributed by atoms with E-state index in [0.29, 0.717) is 13.1 Å². The lowest BCUT2D eigenvalue weighted by molar-refractivity contribution is -0.115. The van der Waals surface area contributed by atoms with Crippen molar-refractivity contribution in [1.29, 1.82) is 0 Å². The van der Waals surface area contributed by atoms with Crippen LogP contribution in [0.15, 0.2) is 0 Å². The summed E-state index contributed by atoms with van der Waals surface area (Å²) in [5.41, 5.74) is 1.70. The average Bonchev–Trinajstić information content (AvgIpc) is 2.55. The lowest BCUT2D eigenvalue weighted by atomic mass is 10.2. The van der Waals surface area contributed by atoms with E-state index in [4.69, 9.17) is 6.42 Å². The van der Waals surface area contributed by atoms with Gasteiger partial charge in [0.2, 0.25) is 5.91 Å². The molecule has 0 atom stereocenters. The SMILES string of the molecule is C#CCN1CC(=O)Nc2c(CC)nn(C)c21. The van der Waals surface area contributed by atoms with Crippen LogP contribution in [0, 0.1) is 12.3 Å². The molecule has 0 saturated heterocycles. The van der Waals surface area contributed by atoms with Gasteiger partial charge in [0.15, 0.2) is 5.82 Å². The molecule has 0 aromatic carbocycles. The summed E-state index contributed by atoms with van der Waals surface area (Å²) in [7, 11) is 1.86. The molecule has 1 amide bonds. The Morgan fingerprint density at radius 1 is 1.62 bits per heavy atom. The van der Waals surface area contributed by atoms with E-state index >= 15 is 0 Å². The molecule has 5 nitrogen and oxygen atoms in total. The van der Waals surface area contributed by atoms with E-state index in [0.717, 1.165) is 23.6 Å². The number of terminal acetylenes is 1. The number of aryl methyl sites for hydroxylation is 2. The van der Waals surface area contributed by atoms with Gasteiger partial charge in [0.05, 0.1) is 18.8 Å². The van der Waals surface area contributed by atoms with Gasteiger partial charge in [0, 0.05) is 7.05 Å². The Hall–Kier alpha value is -1.96. The Balaban J connectivity index is 2.49. The molecular weight excluding hydrogens is 204 g/mol. The molecule has 2 rings (SSSR count). The van der Waals surface area contributed by atoms with Crippen LogP contribution in [0.25, 0.3) is 0 Å². The van der Waals surface area contributed by atoms with Gasteiger partial charge in [-0.2, -0.15) is 5.10 Å². The molecule has 16 heavy (non-hydrogen) atoms. The third-order valence-electron chi connectivity index (χ3n) is 2.60. The number of carbonyl (C=O) groups excluding carboxylic acids is 1. The predicted octanol–water partition coefficient (Wildman–Crippen LogP) is 0.374. The number of nitrogens with one attached hydrogen (secondary N) is 1. The summed E-state index contributed by atoms with van der Waals surface area (Å²) in [5.74, 6) is 3.42. The molecule has 1 aliphatic heterocycles. The Morgan fingerprint density at radius 2 is 2.38 bits per heavy atom. The number of hydrogen-bond donors (Lipinski definition) is 1. The van der Waals surface area contributed by atoms with Gasteiger partial charge in [0.25, 0.3) is 0 Å². The second-order valence-electron chi connectivity index (χ2n) is 3.73. The van der Waals surface area contributed by atoms with Crippen LogP contribution in [0.1, 0.15) is 12.6 Å². The first kappa shape index (κ1) is 10.6. The highest BCUT2D eigenvalue weighted by Gasteiger charge is 2.27. The zero-order valence-electron chi connectivity index (χ0n) is 9.45. The van der Waals surface area contributed by atoms with Gasteiger partial charge in [-0.15, -0.1) is 6.42 Å². The minimum Gasteiger partial charge on any atom is -0.335 e. The van der Waals surface area contributed by atoms with Crippen molar-refractivity contribution in [3.63, 3.8) is 0 Å². The Kier molecular flexibility index (Phi) is 2.57. The van der Waals surface area contributed by atoms with Crippen LogP contribution in [-0.4, -0.2) is 28.8 Å².